The van der Waals surface area contributed by atoms with E-state index in [4.69, 9.17) is 4.74 Å². The SMILES string of the molecule is C1CNCC2(C1)CCC1CCC2O1. The number of piperidine rings is 1. The molecule has 2 nitrogen and oxygen atoms in total. The van der Waals surface area contributed by atoms with Gasteiger partial charge in [-0.05, 0) is 45.1 Å². The molecular formula is C11H19NO. The topological polar surface area (TPSA) is 21.3 Å². The molecule has 3 saturated heterocycles. The molecule has 3 rings (SSSR count). The standard InChI is InChI=1S/C11H19NO/c1-5-11(8-12-7-1)6-4-9-2-3-10(11)13-9/h9-10,12H,1-8H2. The van der Waals surface area contributed by atoms with Gasteiger partial charge in [0.1, 0.15) is 0 Å². The van der Waals surface area contributed by atoms with Crippen molar-refractivity contribution in [3.63, 3.8) is 0 Å². The molecule has 3 unspecified atom stereocenters. The third-order valence-corrected chi connectivity index (χ3v) is 4.26. The summed E-state index contributed by atoms with van der Waals surface area (Å²) in [5.74, 6) is 0. The summed E-state index contributed by atoms with van der Waals surface area (Å²) in [6, 6.07) is 0. The highest BCUT2D eigenvalue weighted by Gasteiger charge is 2.47. The van der Waals surface area contributed by atoms with Gasteiger partial charge >= 0.3 is 0 Å². The van der Waals surface area contributed by atoms with Crippen molar-refractivity contribution in [2.75, 3.05) is 13.1 Å². The first-order chi connectivity index (χ1) is 6.39. The molecule has 1 N–H and O–H groups in total. The maximum atomic E-state index is 6.05. The van der Waals surface area contributed by atoms with Gasteiger partial charge in [-0.15, -0.1) is 0 Å². The van der Waals surface area contributed by atoms with E-state index in [1.54, 1.807) is 0 Å². The average Bonchev–Trinajstić information content (AvgIpc) is 2.60. The van der Waals surface area contributed by atoms with E-state index in [0.717, 1.165) is 0 Å². The Labute approximate surface area is 80.0 Å². The van der Waals surface area contributed by atoms with Crippen molar-refractivity contribution in [3.05, 3.63) is 0 Å². The van der Waals surface area contributed by atoms with Crippen molar-refractivity contribution in [2.45, 2.75) is 50.7 Å². The highest BCUT2D eigenvalue weighted by atomic mass is 16.5. The number of hydrogen-bond acceptors (Lipinski definition) is 2. The molecule has 0 aromatic carbocycles. The fourth-order valence-electron chi connectivity index (χ4n) is 3.46. The molecule has 0 aromatic heterocycles. The van der Waals surface area contributed by atoms with Crippen LogP contribution in [0.4, 0.5) is 0 Å². The Hall–Kier alpha value is -0.0800. The molecule has 0 amide bonds. The van der Waals surface area contributed by atoms with Gasteiger partial charge in [0.25, 0.3) is 0 Å². The zero-order valence-electron chi connectivity index (χ0n) is 8.22. The number of fused-ring (bicyclic) bond motifs is 3. The first-order valence-electron chi connectivity index (χ1n) is 5.75. The van der Waals surface area contributed by atoms with Crippen molar-refractivity contribution in [1.82, 2.24) is 5.32 Å². The quantitative estimate of drug-likeness (QED) is 0.614. The summed E-state index contributed by atoms with van der Waals surface area (Å²) >= 11 is 0. The van der Waals surface area contributed by atoms with Gasteiger partial charge in [-0.25, -0.2) is 0 Å². The Morgan fingerprint density at radius 2 is 2.15 bits per heavy atom. The zero-order valence-corrected chi connectivity index (χ0v) is 8.22. The van der Waals surface area contributed by atoms with E-state index in [1.165, 1.54) is 51.6 Å². The zero-order chi connectivity index (χ0) is 8.73. The van der Waals surface area contributed by atoms with Gasteiger partial charge < -0.3 is 10.1 Å². The van der Waals surface area contributed by atoms with E-state index in [9.17, 15) is 0 Å². The van der Waals surface area contributed by atoms with Gasteiger partial charge in [-0.3, -0.25) is 0 Å². The number of hydrogen-bond donors (Lipinski definition) is 1. The molecule has 3 heterocycles. The first-order valence-corrected chi connectivity index (χ1v) is 5.75. The van der Waals surface area contributed by atoms with Gasteiger partial charge in [0.05, 0.1) is 12.2 Å². The van der Waals surface area contributed by atoms with Gasteiger partial charge in [0.15, 0.2) is 0 Å². The summed E-state index contributed by atoms with van der Waals surface area (Å²) in [7, 11) is 0. The second-order valence-electron chi connectivity index (χ2n) is 5.01. The summed E-state index contributed by atoms with van der Waals surface area (Å²) in [6.07, 6.45) is 9.35. The van der Waals surface area contributed by atoms with Crippen molar-refractivity contribution >= 4 is 0 Å². The van der Waals surface area contributed by atoms with Crippen LogP contribution in [0, 0.1) is 5.41 Å². The minimum absolute atomic E-state index is 0.533. The summed E-state index contributed by atoms with van der Waals surface area (Å²) in [4.78, 5) is 0. The maximum Gasteiger partial charge on any atom is 0.0648 e. The highest BCUT2D eigenvalue weighted by Crippen LogP contribution is 2.47. The largest absolute Gasteiger partial charge is 0.374 e. The third-order valence-electron chi connectivity index (χ3n) is 4.26. The second-order valence-corrected chi connectivity index (χ2v) is 5.01. The fourth-order valence-corrected chi connectivity index (χ4v) is 3.46. The number of rotatable bonds is 0. The van der Waals surface area contributed by atoms with Crippen LogP contribution in [0.5, 0.6) is 0 Å². The minimum atomic E-state index is 0.533. The van der Waals surface area contributed by atoms with Crippen molar-refractivity contribution in [1.29, 1.82) is 0 Å². The van der Waals surface area contributed by atoms with E-state index in [0.29, 0.717) is 17.6 Å². The minimum Gasteiger partial charge on any atom is -0.374 e. The molecule has 3 aliphatic heterocycles. The van der Waals surface area contributed by atoms with Crippen LogP contribution in [0.3, 0.4) is 0 Å². The molecule has 2 heteroatoms. The summed E-state index contributed by atoms with van der Waals surface area (Å²) in [5, 5.41) is 3.55. The van der Waals surface area contributed by atoms with Crippen LogP contribution in [0.15, 0.2) is 0 Å². The highest BCUT2D eigenvalue weighted by molar-refractivity contribution is 4.99. The molecule has 3 atom stereocenters. The number of ether oxygens (including phenoxy) is 1. The molecule has 0 aliphatic carbocycles. The normalized spacial score (nSPS) is 49.8. The molecule has 74 valence electrons. The monoisotopic (exact) mass is 181 g/mol. The van der Waals surface area contributed by atoms with Gasteiger partial charge in [-0.2, -0.15) is 0 Å². The first kappa shape index (κ1) is 8.25. The van der Waals surface area contributed by atoms with Crippen molar-refractivity contribution in [3.8, 4) is 0 Å². The Morgan fingerprint density at radius 3 is 3.00 bits per heavy atom. The summed E-state index contributed by atoms with van der Waals surface area (Å²) in [6.45, 7) is 2.43. The molecule has 3 aliphatic rings. The van der Waals surface area contributed by atoms with Gasteiger partial charge in [0, 0.05) is 12.0 Å². The van der Waals surface area contributed by atoms with Crippen LogP contribution in [-0.4, -0.2) is 25.3 Å². The van der Waals surface area contributed by atoms with Gasteiger partial charge in [-0.1, -0.05) is 0 Å². The summed E-state index contributed by atoms with van der Waals surface area (Å²) in [5.41, 5.74) is 0.533. The van der Waals surface area contributed by atoms with Gasteiger partial charge in [0.2, 0.25) is 0 Å². The van der Waals surface area contributed by atoms with Crippen LogP contribution in [0.2, 0.25) is 0 Å². The van der Waals surface area contributed by atoms with Crippen LogP contribution in [0.1, 0.15) is 38.5 Å². The lowest BCUT2D eigenvalue weighted by Gasteiger charge is -2.45. The Balaban J connectivity index is 1.80. The molecule has 2 bridgehead atoms. The number of nitrogens with one attached hydrogen (secondary N) is 1. The lowest BCUT2D eigenvalue weighted by molar-refractivity contribution is -0.0939. The molecule has 0 aromatic rings. The van der Waals surface area contributed by atoms with E-state index in [2.05, 4.69) is 5.32 Å². The smallest absolute Gasteiger partial charge is 0.0648 e. The maximum absolute atomic E-state index is 6.05. The molecular weight excluding hydrogens is 162 g/mol. The lowest BCUT2D eigenvalue weighted by atomic mass is 9.72. The van der Waals surface area contributed by atoms with E-state index < -0.39 is 0 Å². The van der Waals surface area contributed by atoms with Crippen LogP contribution in [-0.2, 0) is 4.74 Å². The second kappa shape index (κ2) is 2.96. The fraction of sp³-hybridized carbons (Fsp3) is 1.00. The van der Waals surface area contributed by atoms with Crippen molar-refractivity contribution < 1.29 is 4.74 Å². The Morgan fingerprint density at radius 1 is 1.15 bits per heavy atom. The molecule has 0 radical (unpaired) electrons. The molecule has 0 saturated carbocycles. The predicted molar refractivity (Wildman–Crippen MR) is 51.7 cm³/mol. The lowest BCUT2D eigenvalue weighted by Crippen LogP contribution is -2.49. The van der Waals surface area contributed by atoms with E-state index in [-0.39, 0.29) is 0 Å². The van der Waals surface area contributed by atoms with E-state index >= 15 is 0 Å². The third kappa shape index (κ3) is 1.23. The summed E-state index contributed by atoms with van der Waals surface area (Å²) < 4.78 is 6.05. The molecule has 13 heavy (non-hydrogen) atoms. The van der Waals surface area contributed by atoms with Crippen molar-refractivity contribution in [2.24, 2.45) is 5.41 Å². The Bertz CT molecular complexity index is 198. The Kier molecular flexibility index (Phi) is 1.88. The molecule has 1 spiro atoms. The van der Waals surface area contributed by atoms with E-state index in [1.807, 2.05) is 0 Å². The van der Waals surface area contributed by atoms with Crippen LogP contribution >= 0.6 is 0 Å². The average molecular weight is 181 g/mol. The van der Waals surface area contributed by atoms with Crippen LogP contribution in [0.25, 0.3) is 0 Å². The predicted octanol–water partition coefficient (Wildman–Crippen LogP) is 1.70. The molecule has 3 fully saturated rings. The van der Waals surface area contributed by atoms with Crippen LogP contribution < -0.4 is 5.32 Å².